The second-order valence-corrected chi connectivity index (χ2v) is 9.02. The smallest absolute Gasteiger partial charge is 0.308 e. The zero-order valence-corrected chi connectivity index (χ0v) is 19.7. The summed E-state index contributed by atoms with van der Waals surface area (Å²) in [7, 11) is 0. The number of pyridine rings is 1. The number of nitrogens with zero attached hydrogens (tertiary/aromatic N) is 2. The number of anilines is 2. The predicted octanol–water partition coefficient (Wildman–Crippen LogP) is 5.04. The second-order valence-electron chi connectivity index (χ2n) is 7.85. The molecule has 2 fully saturated rings. The Morgan fingerprint density at radius 3 is 2.63 bits per heavy atom. The second kappa shape index (κ2) is 8.94. The number of benzene rings is 1. The molecule has 1 aliphatic heterocycles. The standard InChI is InChI=1S/C24H25IN2O3/c1-4-5-23(28)27(22-11-15(2)21(25)12-20(22)17-6-7-17)24-16(3)10-19(13-26-24)30-14-18-8-9-29-18/h10-13,17-18H,6-9,14H2,1-3H3. The van der Waals surface area contributed by atoms with Crippen molar-refractivity contribution in [2.75, 3.05) is 18.1 Å². The summed E-state index contributed by atoms with van der Waals surface area (Å²) in [5, 5.41) is 0. The fourth-order valence-electron chi connectivity index (χ4n) is 3.54. The van der Waals surface area contributed by atoms with E-state index >= 15 is 0 Å². The van der Waals surface area contributed by atoms with Gasteiger partial charge in [0.1, 0.15) is 18.2 Å². The molecule has 156 valence electrons. The van der Waals surface area contributed by atoms with Crippen molar-refractivity contribution in [2.45, 2.75) is 52.1 Å². The maximum atomic E-state index is 13.1. The van der Waals surface area contributed by atoms with E-state index in [1.54, 1.807) is 18.0 Å². The summed E-state index contributed by atoms with van der Waals surface area (Å²) >= 11 is 2.36. The Balaban J connectivity index is 1.72. The topological polar surface area (TPSA) is 51.7 Å². The van der Waals surface area contributed by atoms with Gasteiger partial charge >= 0.3 is 5.91 Å². The number of rotatable bonds is 6. The fourth-order valence-corrected chi connectivity index (χ4v) is 4.03. The maximum Gasteiger partial charge on any atom is 0.308 e. The molecular formula is C24H25IN2O3. The summed E-state index contributed by atoms with van der Waals surface area (Å²) in [5.41, 5.74) is 4.08. The van der Waals surface area contributed by atoms with Crippen LogP contribution < -0.4 is 9.64 Å². The molecule has 0 radical (unpaired) electrons. The van der Waals surface area contributed by atoms with Crippen LogP contribution in [0.5, 0.6) is 5.75 Å². The van der Waals surface area contributed by atoms with Crippen molar-refractivity contribution in [1.82, 2.24) is 4.98 Å². The predicted molar refractivity (Wildman–Crippen MR) is 125 cm³/mol. The Labute approximate surface area is 191 Å². The molecule has 2 aromatic rings. The maximum absolute atomic E-state index is 13.1. The lowest BCUT2D eigenvalue weighted by molar-refractivity contribution is -0.112. The first-order chi connectivity index (χ1) is 14.5. The lowest BCUT2D eigenvalue weighted by Crippen LogP contribution is -2.32. The third kappa shape index (κ3) is 4.47. The van der Waals surface area contributed by atoms with Crippen LogP contribution >= 0.6 is 22.6 Å². The molecule has 0 spiro atoms. The Kier molecular flexibility index (Phi) is 6.30. The van der Waals surface area contributed by atoms with Crippen LogP contribution in [-0.4, -0.2) is 30.2 Å². The first-order valence-electron chi connectivity index (χ1n) is 10.3. The summed E-state index contributed by atoms with van der Waals surface area (Å²) in [5.74, 6) is 6.95. The molecule has 1 unspecified atom stereocenters. The first kappa shape index (κ1) is 21.1. The van der Waals surface area contributed by atoms with E-state index in [2.05, 4.69) is 58.5 Å². The summed E-state index contributed by atoms with van der Waals surface area (Å²) in [6, 6.07) is 6.22. The highest BCUT2D eigenvalue weighted by Gasteiger charge is 2.31. The van der Waals surface area contributed by atoms with Crippen molar-refractivity contribution in [3.8, 4) is 17.6 Å². The van der Waals surface area contributed by atoms with Crippen molar-refractivity contribution in [2.24, 2.45) is 0 Å². The van der Waals surface area contributed by atoms with Crippen LogP contribution in [0.2, 0.25) is 0 Å². The molecule has 1 saturated carbocycles. The summed E-state index contributed by atoms with van der Waals surface area (Å²) in [6.45, 7) is 7.02. The van der Waals surface area contributed by atoms with Gasteiger partial charge in [0.05, 0.1) is 18.0 Å². The zero-order chi connectivity index (χ0) is 21.3. The number of hydrogen-bond acceptors (Lipinski definition) is 4. The number of halogens is 1. The minimum atomic E-state index is -0.271. The molecular weight excluding hydrogens is 491 g/mol. The minimum Gasteiger partial charge on any atom is -0.489 e. The van der Waals surface area contributed by atoms with Gasteiger partial charge in [-0.05, 0) is 103 Å². The van der Waals surface area contributed by atoms with Gasteiger partial charge in [-0.1, -0.05) is 5.92 Å². The van der Waals surface area contributed by atoms with Crippen LogP contribution in [0.4, 0.5) is 11.5 Å². The highest BCUT2D eigenvalue weighted by Crippen LogP contribution is 2.47. The van der Waals surface area contributed by atoms with E-state index in [0.29, 0.717) is 24.1 Å². The Hall–Kier alpha value is -2.11. The van der Waals surface area contributed by atoms with Crippen molar-refractivity contribution in [3.05, 3.63) is 44.7 Å². The highest BCUT2D eigenvalue weighted by atomic mass is 127. The van der Waals surface area contributed by atoms with Gasteiger partial charge in [-0.15, -0.1) is 0 Å². The normalized spacial score (nSPS) is 17.5. The summed E-state index contributed by atoms with van der Waals surface area (Å²) < 4.78 is 12.4. The lowest BCUT2D eigenvalue weighted by atomic mass is 10.0. The SMILES string of the molecule is CC#CC(=O)N(c1cc(C)c(I)cc1C1CC1)c1ncc(OCC2CCO2)cc1C. The van der Waals surface area contributed by atoms with E-state index in [4.69, 9.17) is 9.47 Å². The third-order valence-electron chi connectivity index (χ3n) is 5.47. The molecule has 2 aliphatic rings. The molecule has 0 N–H and O–H groups in total. The number of carbonyl (C=O) groups is 1. The van der Waals surface area contributed by atoms with Crippen molar-refractivity contribution in [1.29, 1.82) is 0 Å². The van der Waals surface area contributed by atoms with Gasteiger partial charge in [0, 0.05) is 16.6 Å². The Morgan fingerprint density at radius 1 is 1.27 bits per heavy atom. The lowest BCUT2D eigenvalue weighted by Gasteiger charge is -2.27. The molecule has 30 heavy (non-hydrogen) atoms. The van der Waals surface area contributed by atoms with Gasteiger partial charge in [-0.3, -0.25) is 9.69 Å². The molecule has 1 aromatic carbocycles. The summed E-state index contributed by atoms with van der Waals surface area (Å²) in [6.07, 6.45) is 5.17. The molecule has 5 nitrogen and oxygen atoms in total. The average molecular weight is 516 g/mol. The quantitative estimate of drug-likeness (QED) is 0.399. The van der Waals surface area contributed by atoms with Gasteiger partial charge in [-0.25, -0.2) is 4.98 Å². The number of ether oxygens (including phenoxy) is 2. The van der Waals surface area contributed by atoms with Crippen molar-refractivity contribution < 1.29 is 14.3 Å². The Bertz CT molecular complexity index is 1030. The fraction of sp³-hybridized carbons (Fsp3) is 0.417. The van der Waals surface area contributed by atoms with Crippen LogP contribution in [0.1, 0.15) is 48.8 Å². The number of amides is 1. The van der Waals surface area contributed by atoms with Crippen LogP contribution in [0.15, 0.2) is 24.4 Å². The molecule has 1 aliphatic carbocycles. The largest absolute Gasteiger partial charge is 0.489 e. The zero-order valence-electron chi connectivity index (χ0n) is 17.5. The first-order valence-corrected chi connectivity index (χ1v) is 11.3. The molecule has 6 heteroatoms. The van der Waals surface area contributed by atoms with Gasteiger partial charge in [0.25, 0.3) is 0 Å². The third-order valence-corrected chi connectivity index (χ3v) is 6.63. The number of aryl methyl sites for hydroxylation is 2. The van der Waals surface area contributed by atoms with E-state index in [1.165, 1.54) is 9.13 Å². The van der Waals surface area contributed by atoms with Crippen LogP contribution in [0, 0.1) is 29.3 Å². The number of aromatic nitrogens is 1. The molecule has 1 aromatic heterocycles. The van der Waals surface area contributed by atoms with Crippen LogP contribution in [0.25, 0.3) is 0 Å². The molecule has 4 rings (SSSR count). The van der Waals surface area contributed by atoms with Crippen molar-refractivity contribution in [3.63, 3.8) is 0 Å². The molecule has 1 atom stereocenters. The summed E-state index contributed by atoms with van der Waals surface area (Å²) in [4.78, 5) is 19.4. The average Bonchev–Trinajstić information content (AvgIpc) is 3.50. The van der Waals surface area contributed by atoms with E-state index in [9.17, 15) is 4.79 Å². The van der Waals surface area contributed by atoms with Gasteiger partial charge in [0.2, 0.25) is 0 Å². The van der Waals surface area contributed by atoms with Gasteiger partial charge in [-0.2, -0.15) is 0 Å². The van der Waals surface area contributed by atoms with E-state index in [-0.39, 0.29) is 12.0 Å². The number of hydrogen-bond donors (Lipinski definition) is 0. The highest BCUT2D eigenvalue weighted by molar-refractivity contribution is 14.1. The van der Waals surface area contributed by atoms with Gasteiger partial charge < -0.3 is 9.47 Å². The van der Waals surface area contributed by atoms with E-state index in [1.807, 2.05) is 13.0 Å². The van der Waals surface area contributed by atoms with Gasteiger partial charge in [0.15, 0.2) is 0 Å². The van der Waals surface area contributed by atoms with Crippen molar-refractivity contribution >= 4 is 40.0 Å². The van der Waals surface area contributed by atoms with E-state index < -0.39 is 0 Å². The minimum absolute atomic E-state index is 0.166. The number of carbonyl (C=O) groups excluding carboxylic acids is 1. The monoisotopic (exact) mass is 516 g/mol. The molecule has 1 amide bonds. The molecule has 1 saturated heterocycles. The van der Waals surface area contributed by atoms with Crippen LogP contribution in [-0.2, 0) is 9.53 Å². The molecule has 0 bridgehead atoms. The Morgan fingerprint density at radius 2 is 2.03 bits per heavy atom. The molecule has 2 heterocycles. The van der Waals surface area contributed by atoms with Crippen LogP contribution in [0.3, 0.4) is 0 Å². The van der Waals surface area contributed by atoms with E-state index in [0.717, 1.165) is 42.7 Å².